The van der Waals surface area contributed by atoms with E-state index in [1.807, 2.05) is 13.8 Å². The molecule has 130 valence electrons. The van der Waals surface area contributed by atoms with Crippen LogP contribution in [0.3, 0.4) is 0 Å². The van der Waals surface area contributed by atoms with Crippen molar-refractivity contribution in [1.82, 2.24) is 9.55 Å². The second-order valence-electron chi connectivity index (χ2n) is 5.38. The van der Waals surface area contributed by atoms with Crippen molar-refractivity contribution in [3.8, 4) is 0 Å². The summed E-state index contributed by atoms with van der Waals surface area (Å²) in [6.45, 7) is 5.01. The lowest BCUT2D eigenvalue weighted by molar-refractivity contribution is -0.140. The summed E-state index contributed by atoms with van der Waals surface area (Å²) in [5.74, 6) is -0.164. The van der Waals surface area contributed by atoms with E-state index in [2.05, 4.69) is 4.98 Å². The van der Waals surface area contributed by atoms with Crippen LogP contribution >= 0.6 is 23.4 Å². The normalized spacial score (nSPS) is 11.0. The van der Waals surface area contributed by atoms with Crippen LogP contribution in [-0.4, -0.2) is 27.9 Å². The van der Waals surface area contributed by atoms with Gasteiger partial charge in [0.05, 0.1) is 23.3 Å². The standard InChI is InChI=1S/C17H21ClN2O3S/c1-3-5-9-23-15(21)11-24-17-19-14-10-12(18)6-7-13(14)16(22)20(17)8-4-2/h6-7,10H,3-5,8-9,11H2,1-2H3. The van der Waals surface area contributed by atoms with Gasteiger partial charge in [0.2, 0.25) is 0 Å². The highest BCUT2D eigenvalue weighted by molar-refractivity contribution is 7.99. The van der Waals surface area contributed by atoms with Gasteiger partial charge >= 0.3 is 5.97 Å². The average Bonchev–Trinajstić information content (AvgIpc) is 2.56. The molecule has 2 aromatic rings. The number of carbonyl (C=O) groups excluding carboxylic acids is 1. The molecule has 0 amide bonds. The highest BCUT2D eigenvalue weighted by atomic mass is 35.5. The SMILES string of the molecule is CCCCOC(=O)CSc1nc2cc(Cl)ccc2c(=O)n1CCC. The molecule has 5 nitrogen and oxygen atoms in total. The number of carbonyl (C=O) groups is 1. The maximum atomic E-state index is 12.7. The van der Waals surface area contributed by atoms with Crippen LogP contribution in [0.2, 0.25) is 5.02 Å². The molecule has 1 aromatic heterocycles. The quantitative estimate of drug-likeness (QED) is 0.306. The first-order valence-corrected chi connectivity index (χ1v) is 9.41. The second-order valence-corrected chi connectivity index (χ2v) is 6.75. The number of rotatable bonds is 8. The number of nitrogens with zero attached hydrogens (tertiary/aromatic N) is 2. The van der Waals surface area contributed by atoms with Crippen LogP contribution in [0.5, 0.6) is 0 Å². The summed E-state index contributed by atoms with van der Waals surface area (Å²) in [7, 11) is 0. The number of esters is 1. The minimum atomic E-state index is -0.295. The molecule has 0 atom stereocenters. The Morgan fingerprint density at radius 2 is 2.12 bits per heavy atom. The summed E-state index contributed by atoms with van der Waals surface area (Å²) in [6, 6.07) is 5.03. The molecule has 0 unspecified atom stereocenters. The summed E-state index contributed by atoms with van der Waals surface area (Å²) < 4.78 is 6.76. The Morgan fingerprint density at radius 3 is 2.83 bits per heavy atom. The molecule has 0 N–H and O–H groups in total. The molecule has 7 heteroatoms. The molecule has 0 aliphatic rings. The van der Waals surface area contributed by atoms with E-state index in [4.69, 9.17) is 16.3 Å². The molecule has 24 heavy (non-hydrogen) atoms. The van der Waals surface area contributed by atoms with Gasteiger partial charge in [-0.15, -0.1) is 0 Å². The molecule has 0 spiro atoms. The van der Waals surface area contributed by atoms with E-state index in [1.165, 1.54) is 11.8 Å². The van der Waals surface area contributed by atoms with Crippen LogP contribution in [0.1, 0.15) is 33.1 Å². The van der Waals surface area contributed by atoms with Crippen molar-refractivity contribution >= 4 is 40.2 Å². The minimum Gasteiger partial charge on any atom is -0.465 e. The number of halogens is 1. The van der Waals surface area contributed by atoms with Gasteiger partial charge in [0.25, 0.3) is 5.56 Å². The first-order valence-electron chi connectivity index (χ1n) is 8.05. The Balaban J connectivity index is 2.25. The number of hydrogen-bond donors (Lipinski definition) is 0. The van der Waals surface area contributed by atoms with Gasteiger partial charge in [0.15, 0.2) is 5.16 Å². The van der Waals surface area contributed by atoms with E-state index in [0.29, 0.717) is 34.2 Å². The maximum Gasteiger partial charge on any atom is 0.316 e. The molecule has 0 bridgehead atoms. The summed E-state index contributed by atoms with van der Waals surface area (Å²) in [5.41, 5.74) is 0.432. The Labute approximate surface area is 150 Å². The van der Waals surface area contributed by atoms with Crippen LogP contribution in [-0.2, 0) is 16.1 Å². The monoisotopic (exact) mass is 368 g/mol. The van der Waals surface area contributed by atoms with E-state index in [0.717, 1.165) is 19.3 Å². The van der Waals surface area contributed by atoms with Crippen molar-refractivity contribution in [2.45, 2.75) is 44.8 Å². The molecular formula is C17H21ClN2O3S. The lowest BCUT2D eigenvalue weighted by Gasteiger charge is -2.12. The zero-order valence-corrected chi connectivity index (χ0v) is 15.5. The summed E-state index contributed by atoms with van der Waals surface area (Å²) >= 11 is 7.22. The van der Waals surface area contributed by atoms with Gasteiger partial charge in [-0.3, -0.25) is 14.2 Å². The fourth-order valence-electron chi connectivity index (χ4n) is 2.20. The first-order chi connectivity index (χ1) is 11.6. The van der Waals surface area contributed by atoms with Crippen molar-refractivity contribution in [3.63, 3.8) is 0 Å². The third-order valence-electron chi connectivity index (χ3n) is 3.41. The predicted molar refractivity (Wildman–Crippen MR) is 97.9 cm³/mol. The van der Waals surface area contributed by atoms with E-state index in [1.54, 1.807) is 22.8 Å². The second kappa shape index (κ2) is 9.08. The predicted octanol–water partition coefficient (Wildman–Crippen LogP) is 3.90. The van der Waals surface area contributed by atoms with E-state index >= 15 is 0 Å². The highest BCUT2D eigenvalue weighted by Crippen LogP contribution is 2.20. The number of ether oxygens (including phenoxy) is 1. The Kier molecular flexibility index (Phi) is 7.12. The minimum absolute atomic E-state index is 0.111. The van der Waals surface area contributed by atoms with Gasteiger partial charge < -0.3 is 4.74 Å². The molecule has 0 fully saturated rings. The number of unbranched alkanes of at least 4 members (excludes halogenated alkanes) is 1. The van der Waals surface area contributed by atoms with Crippen LogP contribution in [0.4, 0.5) is 0 Å². The molecular weight excluding hydrogens is 348 g/mol. The summed E-state index contributed by atoms with van der Waals surface area (Å²) in [5, 5.41) is 1.57. The number of benzene rings is 1. The van der Waals surface area contributed by atoms with Crippen molar-refractivity contribution in [2.75, 3.05) is 12.4 Å². The molecule has 2 rings (SSSR count). The van der Waals surface area contributed by atoms with Crippen molar-refractivity contribution in [3.05, 3.63) is 33.6 Å². The van der Waals surface area contributed by atoms with Gasteiger partial charge in [0.1, 0.15) is 0 Å². The average molecular weight is 369 g/mol. The smallest absolute Gasteiger partial charge is 0.316 e. The zero-order valence-electron chi connectivity index (χ0n) is 13.9. The molecule has 0 aliphatic heterocycles. The lowest BCUT2D eigenvalue weighted by Crippen LogP contribution is -2.23. The largest absolute Gasteiger partial charge is 0.465 e. The van der Waals surface area contributed by atoms with Gasteiger partial charge in [-0.2, -0.15) is 0 Å². The number of fused-ring (bicyclic) bond motifs is 1. The Bertz CT molecular complexity index is 776. The van der Waals surface area contributed by atoms with Crippen LogP contribution in [0, 0.1) is 0 Å². The van der Waals surface area contributed by atoms with E-state index < -0.39 is 0 Å². The van der Waals surface area contributed by atoms with E-state index in [-0.39, 0.29) is 17.3 Å². The van der Waals surface area contributed by atoms with E-state index in [9.17, 15) is 9.59 Å². The van der Waals surface area contributed by atoms with Gasteiger partial charge in [-0.25, -0.2) is 4.98 Å². The number of thioether (sulfide) groups is 1. The van der Waals surface area contributed by atoms with Gasteiger partial charge in [-0.1, -0.05) is 43.6 Å². The maximum absolute atomic E-state index is 12.7. The summed E-state index contributed by atoms with van der Waals surface area (Å²) in [4.78, 5) is 29.0. The van der Waals surface area contributed by atoms with Crippen molar-refractivity contribution < 1.29 is 9.53 Å². The molecule has 0 saturated carbocycles. The third kappa shape index (κ3) is 4.74. The number of hydrogen-bond acceptors (Lipinski definition) is 5. The Hall–Kier alpha value is -1.53. The van der Waals surface area contributed by atoms with Crippen molar-refractivity contribution in [2.24, 2.45) is 0 Å². The Morgan fingerprint density at radius 1 is 1.33 bits per heavy atom. The van der Waals surface area contributed by atoms with Gasteiger partial charge in [0, 0.05) is 11.6 Å². The van der Waals surface area contributed by atoms with Crippen molar-refractivity contribution in [1.29, 1.82) is 0 Å². The molecule has 1 heterocycles. The highest BCUT2D eigenvalue weighted by Gasteiger charge is 2.13. The van der Waals surface area contributed by atoms with Crippen LogP contribution in [0.15, 0.2) is 28.2 Å². The molecule has 0 radical (unpaired) electrons. The van der Waals surface area contributed by atoms with Crippen LogP contribution < -0.4 is 5.56 Å². The molecule has 0 aliphatic carbocycles. The number of aromatic nitrogens is 2. The first kappa shape index (κ1) is 18.8. The third-order valence-corrected chi connectivity index (χ3v) is 4.59. The zero-order chi connectivity index (χ0) is 17.5. The fourth-order valence-corrected chi connectivity index (χ4v) is 3.19. The lowest BCUT2D eigenvalue weighted by atomic mass is 10.2. The fraction of sp³-hybridized carbons (Fsp3) is 0.471. The summed E-state index contributed by atoms with van der Waals surface area (Å²) in [6.07, 6.45) is 2.63. The molecule has 1 aromatic carbocycles. The topological polar surface area (TPSA) is 61.2 Å². The van der Waals surface area contributed by atoms with Crippen LogP contribution in [0.25, 0.3) is 10.9 Å². The van der Waals surface area contributed by atoms with Gasteiger partial charge in [-0.05, 0) is 31.0 Å². The molecule has 0 saturated heterocycles.